The lowest BCUT2D eigenvalue weighted by atomic mass is 9.68. The van der Waals surface area contributed by atoms with E-state index in [1.807, 2.05) is 12.1 Å². The molecule has 0 saturated heterocycles. The minimum Gasteiger partial charge on any atom is -0.495 e. The van der Waals surface area contributed by atoms with Crippen molar-refractivity contribution in [3.63, 3.8) is 0 Å². The molecule has 30 heavy (non-hydrogen) atoms. The van der Waals surface area contributed by atoms with Gasteiger partial charge in [-0.05, 0) is 63.1 Å². The highest BCUT2D eigenvalue weighted by Crippen LogP contribution is 2.62. The number of carbonyl (C=O) groups excluding carboxylic acids is 1. The van der Waals surface area contributed by atoms with Gasteiger partial charge in [0.2, 0.25) is 0 Å². The highest BCUT2D eigenvalue weighted by Gasteiger charge is 2.59. The molecular formula is C25H37N3O2. The van der Waals surface area contributed by atoms with Gasteiger partial charge in [-0.3, -0.25) is 4.79 Å². The van der Waals surface area contributed by atoms with Crippen LogP contribution in [0.5, 0.6) is 5.75 Å². The first kappa shape index (κ1) is 21.2. The molecule has 0 radical (unpaired) electrons. The first-order chi connectivity index (χ1) is 14.1. The van der Waals surface area contributed by atoms with Gasteiger partial charge in [-0.2, -0.15) is 0 Å². The maximum Gasteiger partial charge on any atom is 0.253 e. The average Bonchev–Trinajstić information content (AvgIpc) is 3.27. The van der Waals surface area contributed by atoms with E-state index in [1.54, 1.807) is 7.11 Å². The molecule has 1 heterocycles. The molecule has 2 bridgehead atoms. The molecule has 2 unspecified atom stereocenters. The third-order valence-electron chi connectivity index (χ3n) is 8.07. The zero-order chi connectivity index (χ0) is 21.8. The van der Waals surface area contributed by atoms with Gasteiger partial charge in [-0.25, -0.2) is 0 Å². The third-order valence-corrected chi connectivity index (χ3v) is 8.07. The minimum atomic E-state index is 0.0567. The quantitative estimate of drug-likeness (QED) is 0.763. The van der Waals surface area contributed by atoms with E-state index in [-0.39, 0.29) is 22.8 Å². The summed E-state index contributed by atoms with van der Waals surface area (Å²) >= 11 is 0. The smallest absolute Gasteiger partial charge is 0.253 e. The maximum atomic E-state index is 13.7. The van der Waals surface area contributed by atoms with Crippen molar-refractivity contribution >= 4 is 16.8 Å². The Bertz CT molecular complexity index is 970. The number of methoxy groups -OCH3 is 1. The van der Waals surface area contributed by atoms with Crippen molar-refractivity contribution in [1.82, 2.24) is 14.8 Å². The number of nitrogens with zero attached hydrogens (tertiary/aromatic N) is 2. The number of hydrogen-bond acceptors (Lipinski definition) is 3. The number of aromatic nitrogens is 1. The van der Waals surface area contributed by atoms with E-state index in [2.05, 4.69) is 62.6 Å². The molecule has 2 fully saturated rings. The van der Waals surface area contributed by atoms with E-state index in [4.69, 9.17) is 4.74 Å². The van der Waals surface area contributed by atoms with Crippen LogP contribution < -0.4 is 10.1 Å². The molecule has 4 rings (SSSR count). The summed E-state index contributed by atoms with van der Waals surface area (Å²) in [6.45, 7) is 10.8. The molecule has 1 N–H and O–H groups in total. The van der Waals surface area contributed by atoms with Crippen LogP contribution in [0, 0.1) is 23.7 Å². The summed E-state index contributed by atoms with van der Waals surface area (Å²) in [5, 5.41) is 4.48. The molecule has 1 aromatic heterocycles. The molecule has 164 valence electrons. The summed E-state index contributed by atoms with van der Waals surface area (Å²) in [5.74, 6) is 1.58. The second-order valence-electron chi connectivity index (χ2n) is 10.6. The number of ether oxygens (including phenoxy) is 1. The summed E-state index contributed by atoms with van der Waals surface area (Å²) in [7, 11) is 5.85. The Kier molecular flexibility index (Phi) is 5.16. The SMILES string of the molecule is COc1cccc2c(C(=O)NC3C4(C)CC[C@@H](C4)C3(C)C)c(C)n(CCN(C)C)c12. The van der Waals surface area contributed by atoms with Gasteiger partial charge in [-0.1, -0.05) is 32.9 Å². The van der Waals surface area contributed by atoms with E-state index in [9.17, 15) is 4.79 Å². The van der Waals surface area contributed by atoms with E-state index >= 15 is 0 Å². The number of fused-ring (bicyclic) bond motifs is 3. The number of nitrogens with one attached hydrogen (secondary N) is 1. The van der Waals surface area contributed by atoms with Crippen molar-refractivity contribution in [3.8, 4) is 5.75 Å². The monoisotopic (exact) mass is 411 g/mol. The molecule has 0 aliphatic heterocycles. The Balaban J connectivity index is 1.75. The molecule has 0 spiro atoms. The van der Waals surface area contributed by atoms with Gasteiger partial charge in [0.1, 0.15) is 5.75 Å². The van der Waals surface area contributed by atoms with Crippen molar-refractivity contribution in [1.29, 1.82) is 0 Å². The Morgan fingerprint density at radius 2 is 2.03 bits per heavy atom. The molecular weight excluding hydrogens is 374 g/mol. The lowest BCUT2D eigenvalue weighted by Crippen LogP contribution is -2.52. The van der Waals surface area contributed by atoms with Gasteiger partial charge >= 0.3 is 0 Å². The van der Waals surface area contributed by atoms with E-state index in [0.717, 1.165) is 41.0 Å². The maximum absolute atomic E-state index is 13.7. The summed E-state index contributed by atoms with van der Waals surface area (Å²) in [6.07, 6.45) is 3.72. The van der Waals surface area contributed by atoms with Crippen LogP contribution in [0.3, 0.4) is 0 Å². The van der Waals surface area contributed by atoms with Crippen molar-refractivity contribution in [2.75, 3.05) is 27.7 Å². The number of benzene rings is 1. The summed E-state index contributed by atoms with van der Waals surface area (Å²) in [6, 6.07) is 6.23. The second-order valence-corrected chi connectivity index (χ2v) is 10.6. The number of amides is 1. The van der Waals surface area contributed by atoms with Gasteiger partial charge < -0.3 is 19.5 Å². The Morgan fingerprint density at radius 1 is 1.30 bits per heavy atom. The van der Waals surface area contributed by atoms with Crippen LogP contribution in [0.15, 0.2) is 18.2 Å². The first-order valence-corrected chi connectivity index (χ1v) is 11.2. The van der Waals surface area contributed by atoms with E-state index < -0.39 is 0 Å². The largest absolute Gasteiger partial charge is 0.495 e. The van der Waals surface area contributed by atoms with Crippen LogP contribution in [0.2, 0.25) is 0 Å². The zero-order valence-electron chi connectivity index (χ0n) is 19.6. The molecule has 3 atom stereocenters. The topological polar surface area (TPSA) is 46.5 Å². The minimum absolute atomic E-state index is 0.0567. The first-order valence-electron chi connectivity index (χ1n) is 11.2. The Hall–Kier alpha value is -2.01. The van der Waals surface area contributed by atoms with Crippen LogP contribution in [-0.4, -0.2) is 49.2 Å². The fourth-order valence-corrected chi connectivity index (χ4v) is 6.40. The van der Waals surface area contributed by atoms with Crippen LogP contribution in [0.25, 0.3) is 10.9 Å². The highest BCUT2D eigenvalue weighted by molar-refractivity contribution is 6.09. The molecule has 2 aliphatic rings. The molecule has 2 aromatic rings. The summed E-state index contributed by atoms with van der Waals surface area (Å²) in [5.41, 5.74) is 3.17. The van der Waals surface area contributed by atoms with Crippen LogP contribution >= 0.6 is 0 Å². The summed E-state index contributed by atoms with van der Waals surface area (Å²) < 4.78 is 7.93. The fraction of sp³-hybridized carbons (Fsp3) is 0.640. The fourth-order valence-electron chi connectivity index (χ4n) is 6.40. The predicted octanol–water partition coefficient (Wildman–Crippen LogP) is 4.46. The number of rotatable bonds is 6. The molecule has 1 aromatic carbocycles. The molecule has 2 aliphatic carbocycles. The van der Waals surface area contributed by atoms with Crippen molar-refractivity contribution < 1.29 is 9.53 Å². The zero-order valence-corrected chi connectivity index (χ0v) is 19.6. The molecule has 2 saturated carbocycles. The molecule has 5 nitrogen and oxygen atoms in total. The van der Waals surface area contributed by atoms with Gasteiger partial charge in [0.15, 0.2) is 0 Å². The van der Waals surface area contributed by atoms with Gasteiger partial charge in [0.05, 0.1) is 18.2 Å². The Labute approximate surface area is 180 Å². The summed E-state index contributed by atoms with van der Waals surface area (Å²) in [4.78, 5) is 15.9. The normalized spacial score (nSPS) is 27.2. The van der Waals surface area contributed by atoms with Gasteiger partial charge in [0, 0.05) is 30.2 Å². The van der Waals surface area contributed by atoms with Crippen molar-refractivity contribution in [3.05, 3.63) is 29.5 Å². The molecule has 5 heteroatoms. The van der Waals surface area contributed by atoms with Gasteiger partial charge in [-0.15, -0.1) is 0 Å². The number of likely N-dealkylation sites (N-methyl/N-ethyl adjacent to an activating group) is 1. The van der Waals surface area contributed by atoms with Crippen molar-refractivity contribution in [2.24, 2.45) is 16.7 Å². The number of para-hydroxylation sites is 1. The number of carbonyl (C=O) groups is 1. The van der Waals surface area contributed by atoms with Crippen molar-refractivity contribution in [2.45, 2.75) is 59.5 Å². The van der Waals surface area contributed by atoms with E-state index in [0.29, 0.717) is 5.92 Å². The van der Waals surface area contributed by atoms with Crippen LogP contribution in [0.1, 0.15) is 56.1 Å². The third kappa shape index (κ3) is 3.13. The number of hydrogen-bond donors (Lipinski definition) is 1. The van der Waals surface area contributed by atoms with E-state index in [1.165, 1.54) is 19.3 Å². The molecule has 1 amide bonds. The highest BCUT2D eigenvalue weighted by atomic mass is 16.5. The lowest BCUT2D eigenvalue weighted by Gasteiger charge is -2.43. The second kappa shape index (κ2) is 7.30. The lowest BCUT2D eigenvalue weighted by molar-refractivity contribution is 0.0738. The van der Waals surface area contributed by atoms with Gasteiger partial charge in [0.25, 0.3) is 5.91 Å². The predicted molar refractivity (Wildman–Crippen MR) is 122 cm³/mol. The Morgan fingerprint density at radius 3 is 2.63 bits per heavy atom. The average molecular weight is 412 g/mol. The van der Waals surface area contributed by atoms with Crippen LogP contribution in [-0.2, 0) is 6.54 Å². The standard InChI is InChI=1S/C25H37N3O2/c1-16-20(22(29)26-23-24(2,3)17-11-12-25(23,4)15-17)18-9-8-10-19(30-7)21(18)28(16)14-13-27(5)6/h8-10,17,23H,11-15H2,1-7H3,(H,26,29)/t17-,23?,25?/m0/s1. The van der Waals surface area contributed by atoms with Crippen LogP contribution in [0.4, 0.5) is 0 Å².